The first-order valence-electron chi connectivity index (χ1n) is 6.03. The summed E-state index contributed by atoms with van der Waals surface area (Å²) in [5, 5.41) is 2.97. The van der Waals surface area contributed by atoms with Crippen LogP contribution < -0.4 is 5.32 Å². The summed E-state index contributed by atoms with van der Waals surface area (Å²) in [6, 6.07) is -0.360. The molecule has 2 fully saturated rings. The van der Waals surface area contributed by atoms with Gasteiger partial charge in [0.05, 0.1) is 6.04 Å². The lowest BCUT2D eigenvalue weighted by Gasteiger charge is -2.45. The second-order valence-corrected chi connectivity index (χ2v) is 6.06. The van der Waals surface area contributed by atoms with E-state index in [1.165, 1.54) is 4.90 Å². The summed E-state index contributed by atoms with van der Waals surface area (Å²) in [7, 11) is 3.23. The third-order valence-electron chi connectivity index (χ3n) is 3.32. The lowest BCUT2D eigenvalue weighted by molar-refractivity contribution is -0.135. The molecule has 0 aromatic rings. The highest BCUT2D eigenvalue weighted by atomic mass is 32.0. The van der Waals surface area contributed by atoms with Crippen molar-refractivity contribution in [2.45, 2.75) is 38.3 Å². The predicted octanol–water partition coefficient (Wildman–Crippen LogP) is 1.16. The van der Waals surface area contributed by atoms with E-state index in [0.717, 1.165) is 25.8 Å². The highest BCUT2D eigenvalue weighted by Gasteiger charge is 2.44. The van der Waals surface area contributed by atoms with Gasteiger partial charge in [0.1, 0.15) is 6.04 Å². The Labute approximate surface area is 106 Å². The Morgan fingerprint density at radius 3 is 2.94 bits per heavy atom. The average Bonchev–Trinajstić information content (AvgIpc) is 2.33. The number of piperidine rings is 1. The first kappa shape index (κ1) is 13.2. The Morgan fingerprint density at radius 1 is 1.53 bits per heavy atom. The van der Waals surface area contributed by atoms with Crippen LogP contribution in [0.15, 0.2) is 0 Å². The molecule has 96 valence electrons. The Balaban J connectivity index is 2.18. The number of carbonyl (C=O) groups excluding carboxylic acids is 2. The van der Waals surface area contributed by atoms with Crippen LogP contribution >= 0.6 is 17.3 Å². The standard InChI is InChI=1S/C10H19N3O2P2/c1-2-5-12-9(14)8-7(11-10(12)15)4-3-6-13(8)17-16/h7-8,17H,2-6,16H2,1H3,(H,11,15). The van der Waals surface area contributed by atoms with Crippen LogP contribution in [0.2, 0.25) is 0 Å². The summed E-state index contributed by atoms with van der Waals surface area (Å²) in [6.07, 6.45) is 2.76. The first-order valence-corrected chi connectivity index (χ1v) is 8.79. The minimum atomic E-state index is -0.216. The minimum absolute atomic E-state index is 0.00454. The third kappa shape index (κ3) is 2.47. The van der Waals surface area contributed by atoms with E-state index in [9.17, 15) is 9.59 Å². The van der Waals surface area contributed by atoms with Gasteiger partial charge in [0, 0.05) is 13.1 Å². The number of imide groups is 1. The van der Waals surface area contributed by atoms with Gasteiger partial charge in [0.25, 0.3) is 0 Å². The molecule has 7 heteroatoms. The van der Waals surface area contributed by atoms with Gasteiger partial charge < -0.3 is 5.32 Å². The Kier molecular flexibility index (Phi) is 4.35. The second kappa shape index (κ2) is 5.60. The molecular formula is C10H19N3O2P2. The maximum absolute atomic E-state index is 12.3. The lowest BCUT2D eigenvalue weighted by atomic mass is 9.95. The van der Waals surface area contributed by atoms with Crippen molar-refractivity contribution in [3.8, 4) is 0 Å². The van der Waals surface area contributed by atoms with Crippen molar-refractivity contribution < 1.29 is 9.59 Å². The molecule has 0 aromatic carbocycles. The summed E-state index contributed by atoms with van der Waals surface area (Å²) in [5.74, 6) is -0.0183. The molecule has 4 unspecified atom stereocenters. The highest BCUT2D eigenvalue weighted by molar-refractivity contribution is 8.01. The Morgan fingerprint density at radius 2 is 2.29 bits per heavy atom. The predicted molar refractivity (Wildman–Crippen MR) is 72.1 cm³/mol. The van der Waals surface area contributed by atoms with Gasteiger partial charge in [-0.25, -0.2) is 4.79 Å². The van der Waals surface area contributed by atoms with E-state index in [1.54, 1.807) is 0 Å². The zero-order valence-electron chi connectivity index (χ0n) is 9.98. The first-order chi connectivity index (χ1) is 8.19. The molecule has 0 aromatic heterocycles. The molecule has 0 aliphatic carbocycles. The summed E-state index contributed by atoms with van der Waals surface area (Å²) >= 11 is 0. The van der Waals surface area contributed by atoms with Gasteiger partial charge in [0.2, 0.25) is 5.91 Å². The lowest BCUT2D eigenvalue weighted by Crippen LogP contribution is -2.67. The number of fused-ring (bicyclic) bond motifs is 1. The van der Waals surface area contributed by atoms with Crippen LogP contribution in [0.25, 0.3) is 0 Å². The smallest absolute Gasteiger partial charge is 0.324 e. The Bertz CT molecular complexity index is 327. The van der Waals surface area contributed by atoms with Crippen LogP contribution in [0.1, 0.15) is 26.2 Å². The van der Waals surface area contributed by atoms with E-state index in [0.29, 0.717) is 15.0 Å². The van der Waals surface area contributed by atoms with Crippen LogP contribution in [0.4, 0.5) is 4.79 Å². The van der Waals surface area contributed by atoms with E-state index >= 15 is 0 Å². The van der Waals surface area contributed by atoms with E-state index < -0.39 is 0 Å². The van der Waals surface area contributed by atoms with E-state index in [2.05, 4.69) is 18.9 Å². The molecule has 2 saturated heterocycles. The van der Waals surface area contributed by atoms with Crippen molar-refractivity contribution in [3.63, 3.8) is 0 Å². The topological polar surface area (TPSA) is 52.7 Å². The molecule has 2 rings (SSSR count). The average molecular weight is 275 g/mol. The number of amides is 3. The Hall–Kier alpha value is -0.240. The van der Waals surface area contributed by atoms with Gasteiger partial charge in [-0.2, -0.15) is 0 Å². The van der Waals surface area contributed by atoms with Gasteiger partial charge in [-0.15, -0.1) is 0 Å². The van der Waals surface area contributed by atoms with Crippen molar-refractivity contribution in [3.05, 3.63) is 0 Å². The van der Waals surface area contributed by atoms with Crippen LogP contribution in [0, 0.1) is 0 Å². The van der Waals surface area contributed by atoms with Crippen molar-refractivity contribution in [2.24, 2.45) is 0 Å². The largest absolute Gasteiger partial charge is 0.333 e. The fraction of sp³-hybridized carbons (Fsp3) is 0.800. The van der Waals surface area contributed by atoms with Crippen LogP contribution in [0.3, 0.4) is 0 Å². The quantitative estimate of drug-likeness (QED) is 0.786. The number of carbonyl (C=O) groups is 2. The van der Waals surface area contributed by atoms with Crippen LogP contribution in [-0.4, -0.2) is 46.7 Å². The molecule has 17 heavy (non-hydrogen) atoms. The fourth-order valence-corrected chi connectivity index (χ4v) is 4.14. The van der Waals surface area contributed by atoms with Crippen molar-refractivity contribution in [2.75, 3.05) is 13.1 Å². The molecule has 0 spiro atoms. The van der Waals surface area contributed by atoms with E-state index in [1.807, 2.05) is 6.92 Å². The molecular weight excluding hydrogens is 256 g/mol. The van der Waals surface area contributed by atoms with Crippen molar-refractivity contribution in [1.82, 2.24) is 14.9 Å². The van der Waals surface area contributed by atoms with Gasteiger partial charge in [0.15, 0.2) is 0 Å². The number of nitrogens with zero attached hydrogens (tertiary/aromatic N) is 2. The molecule has 2 aliphatic rings. The summed E-state index contributed by atoms with van der Waals surface area (Å²) in [6.45, 7) is 3.44. The molecule has 5 nitrogen and oxygen atoms in total. The molecule has 2 heterocycles. The number of urea groups is 1. The van der Waals surface area contributed by atoms with Gasteiger partial charge >= 0.3 is 6.03 Å². The number of rotatable bonds is 3. The van der Waals surface area contributed by atoms with Gasteiger partial charge in [-0.05, 0) is 27.7 Å². The number of hydrogen-bond donors (Lipinski definition) is 1. The molecule has 1 N–H and O–H groups in total. The van der Waals surface area contributed by atoms with Crippen LogP contribution in [-0.2, 0) is 4.79 Å². The monoisotopic (exact) mass is 275 g/mol. The third-order valence-corrected chi connectivity index (χ3v) is 5.15. The van der Waals surface area contributed by atoms with E-state index in [4.69, 9.17) is 0 Å². The zero-order chi connectivity index (χ0) is 12.4. The van der Waals surface area contributed by atoms with Crippen molar-refractivity contribution >= 4 is 29.3 Å². The zero-order valence-corrected chi connectivity index (χ0v) is 12.1. The van der Waals surface area contributed by atoms with Gasteiger partial charge in [-0.3, -0.25) is 14.4 Å². The molecule has 0 bridgehead atoms. The molecule has 4 atom stereocenters. The van der Waals surface area contributed by atoms with E-state index in [-0.39, 0.29) is 24.0 Å². The molecule has 2 aliphatic heterocycles. The molecule has 0 saturated carbocycles. The summed E-state index contributed by atoms with van der Waals surface area (Å²) < 4.78 is 2.17. The van der Waals surface area contributed by atoms with Crippen LogP contribution in [0.5, 0.6) is 0 Å². The van der Waals surface area contributed by atoms with Crippen molar-refractivity contribution in [1.29, 1.82) is 0 Å². The fourth-order valence-electron chi connectivity index (χ4n) is 2.53. The van der Waals surface area contributed by atoms with Gasteiger partial charge in [-0.1, -0.05) is 15.9 Å². The number of nitrogens with one attached hydrogen (secondary N) is 1. The highest BCUT2D eigenvalue weighted by Crippen LogP contribution is 2.36. The molecule has 0 radical (unpaired) electrons. The minimum Gasteiger partial charge on any atom is -0.333 e. The maximum Gasteiger partial charge on any atom is 0.324 e. The number of hydrogen-bond acceptors (Lipinski definition) is 3. The summed E-state index contributed by atoms with van der Waals surface area (Å²) in [5.41, 5.74) is 0. The summed E-state index contributed by atoms with van der Waals surface area (Å²) in [4.78, 5) is 25.5. The maximum atomic E-state index is 12.3. The second-order valence-electron chi connectivity index (χ2n) is 4.46. The normalized spacial score (nSPS) is 30.8. The molecule has 3 amide bonds. The SMILES string of the molecule is CCCN1C(=O)NC2CCCN(PP)C2C1=O.